The molecule has 0 aliphatic rings. The minimum absolute atomic E-state index is 0.0117. The smallest absolute Gasteiger partial charge is 0.408 e. The molecule has 0 radical (unpaired) electrons. The van der Waals surface area contributed by atoms with Crippen molar-refractivity contribution < 1.29 is 29.0 Å². The Kier molecular flexibility index (Phi) is 7.32. The minimum Gasteiger partial charge on any atom is -0.480 e. The van der Waals surface area contributed by atoms with Crippen molar-refractivity contribution in [2.45, 2.75) is 26.0 Å². The van der Waals surface area contributed by atoms with Crippen LogP contribution in [-0.4, -0.2) is 35.8 Å². The molecule has 1 amide bonds. The van der Waals surface area contributed by atoms with Crippen LogP contribution in [0.2, 0.25) is 0 Å². The molecular formula is C16H19NO6. The first-order valence-electron chi connectivity index (χ1n) is 6.99. The zero-order valence-corrected chi connectivity index (χ0v) is 12.8. The summed E-state index contributed by atoms with van der Waals surface area (Å²) in [5.41, 5.74) is 0.730. The van der Waals surface area contributed by atoms with Gasteiger partial charge in [0.05, 0.1) is 6.61 Å². The van der Waals surface area contributed by atoms with Gasteiger partial charge in [-0.3, -0.25) is 0 Å². The van der Waals surface area contributed by atoms with Gasteiger partial charge < -0.3 is 19.9 Å². The normalized spacial score (nSPS) is 11.2. The molecule has 0 aliphatic heterocycles. The van der Waals surface area contributed by atoms with E-state index in [0.29, 0.717) is 0 Å². The topological polar surface area (TPSA) is 102 Å². The first-order valence-corrected chi connectivity index (χ1v) is 6.99. The van der Waals surface area contributed by atoms with Gasteiger partial charge in [-0.25, -0.2) is 14.4 Å². The van der Waals surface area contributed by atoms with E-state index in [0.717, 1.165) is 5.56 Å². The predicted molar refractivity (Wildman–Crippen MR) is 81.6 cm³/mol. The van der Waals surface area contributed by atoms with Crippen LogP contribution in [0.3, 0.4) is 0 Å². The fourth-order valence-corrected chi connectivity index (χ4v) is 1.67. The fraction of sp³-hybridized carbons (Fsp3) is 0.312. The van der Waals surface area contributed by atoms with Gasteiger partial charge in [0.2, 0.25) is 0 Å². The van der Waals surface area contributed by atoms with Crippen molar-refractivity contribution in [1.29, 1.82) is 0 Å². The van der Waals surface area contributed by atoms with Gasteiger partial charge in [-0.15, -0.1) is 0 Å². The molecule has 0 bridgehead atoms. The Bertz CT molecular complexity index is 569. The number of amides is 1. The van der Waals surface area contributed by atoms with Gasteiger partial charge in [-0.1, -0.05) is 36.9 Å². The van der Waals surface area contributed by atoms with E-state index in [9.17, 15) is 14.4 Å². The van der Waals surface area contributed by atoms with Crippen molar-refractivity contribution >= 4 is 18.0 Å². The highest BCUT2D eigenvalue weighted by atomic mass is 16.5. The van der Waals surface area contributed by atoms with E-state index in [1.165, 1.54) is 0 Å². The summed E-state index contributed by atoms with van der Waals surface area (Å²) in [4.78, 5) is 34.3. The molecule has 1 aromatic carbocycles. The molecule has 0 saturated heterocycles. The highest BCUT2D eigenvalue weighted by molar-refractivity contribution is 5.89. The van der Waals surface area contributed by atoms with Crippen molar-refractivity contribution in [3.63, 3.8) is 0 Å². The van der Waals surface area contributed by atoms with Gasteiger partial charge in [0.15, 0.2) is 0 Å². The zero-order valence-electron chi connectivity index (χ0n) is 12.8. The van der Waals surface area contributed by atoms with Crippen LogP contribution in [0.15, 0.2) is 42.5 Å². The zero-order chi connectivity index (χ0) is 17.2. The summed E-state index contributed by atoms with van der Waals surface area (Å²) >= 11 is 0. The number of aliphatic carboxylic acids is 1. The number of benzene rings is 1. The van der Waals surface area contributed by atoms with Crippen LogP contribution >= 0.6 is 0 Å². The lowest BCUT2D eigenvalue weighted by Crippen LogP contribution is -2.41. The number of carbonyl (C=O) groups is 3. The molecule has 23 heavy (non-hydrogen) atoms. The molecule has 0 spiro atoms. The first kappa shape index (κ1) is 18.2. The van der Waals surface area contributed by atoms with E-state index < -0.39 is 24.1 Å². The van der Waals surface area contributed by atoms with Crippen LogP contribution in [0.5, 0.6) is 0 Å². The standard InChI is InChI=1S/C16H19NO6/c1-3-22-15(20)11(2)9-13(14(18)19)17-16(21)23-10-12-7-5-4-6-8-12/h4-8,13H,2-3,9-10H2,1H3,(H,17,21)(H,18,19)/t13-/m0/s1. The van der Waals surface area contributed by atoms with Crippen molar-refractivity contribution in [1.82, 2.24) is 5.32 Å². The highest BCUT2D eigenvalue weighted by Gasteiger charge is 2.24. The molecule has 0 unspecified atom stereocenters. The van der Waals surface area contributed by atoms with Crippen LogP contribution < -0.4 is 5.32 Å². The summed E-state index contributed by atoms with van der Waals surface area (Å²) in [5, 5.41) is 11.3. The van der Waals surface area contributed by atoms with Crippen molar-refractivity contribution in [3.8, 4) is 0 Å². The maximum Gasteiger partial charge on any atom is 0.408 e. The van der Waals surface area contributed by atoms with Gasteiger partial charge in [0.1, 0.15) is 12.6 Å². The molecule has 7 nitrogen and oxygen atoms in total. The van der Waals surface area contributed by atoms with Gasteiger partial charge in [0, 0.05) is 12.0 Å². The molecule has 0 aliphatic carbocycles. The predicted octanol–water partition coefficient (Wildman–Crippen LogP) is 1.88. The molecular weight excluding hydrogens is 302 g/mol. The van der Waals surface area contributed by atoms with E-state index in [-0.39, 0.29) is 25.2 Å². The SMILES string of the molecule is C=C(C[C@H](NC(=O)OCc1ccccc1)C(=O)O)C(=O)OCC. The number of alkyl carbamates (subject to hydrolysis) is 1. The minimum atomic E-state index is -1.32. The molecule has 0 aromatic heterocycles. The number of carbonyl (C=O) groups excluding carboxylic acids is 2. The van der Waals surface area contributed by atoms with Crippen LogP contribution in [0, 0.1) is 0 Å². The third-order valence-corrected chi connectivity index (χ3v) is 2.82. The van der Waals surface area contributed by atoms with Gasteiger partial charge >= 0.3 is 18.0 Å². The number of rotatable bonds is 8. The Morgan fingerprint density at radius 2 is 1.87 bits per heavy atom. The van der Waals surface area contributed by atoms with Gasteiger partial charge in [0.25, 0.3) is 0 Å². The monoisotopic (exact) mass is 321 g/mol. The second kappa shape index (κ2) is 9.24. The van der Waals surface area contributed by atoms with E-state index in [4.69, 9.17) is 14.6 Å². The molecule has 0 fully saturated rings. The van der Waals surface area contributed by atoms with Gasteiger partial charge in [-0.05, 0) is 12.5 Å². The Hall–Kier alpha value is -2.83. The maximum atomic E-state index is 11.7. The third-order valence-electron chi connectivity index (χ3n) is 2.82. The quantitative estimate of drug-likeness (QED) is 0.560. The van der Waals surface area contributed by atoms with Crippen molar-refractivity contribution in [3.05, 3.63) is 48.0 Å². The first-order chi connectivity index (χ1) is 10.9. The van der Waals surface area contributed by atoms with E-state index >= 15 is 0 Å². The molecule has 1 atom stereocenters. The number of nitrogens with one attached hydrogen (secondary N) is 1. The molecule has 124 valence electrons. The summed E-state index contributed by atoms with van der Waals surface area (Å²) in [7, 11) is 0. The Labute approximate surface area is 133 Å². The highest BCUT2D eigenvalue weighted by Crippen LogP contribution is 2.07. The Balaban J connectivity index is 2.51. The third kappa shape index (κ3) is 6.64. The van der Waals surface area contributed by atoms with Crippen molar-refractivity contribution in [2.24, 2.45) is 0 Å². The largest absolute Gasteiger partial charge is 0.480 e. The maximum absolute atomic E-state index is 11.7. The molecule has 2 N–H and O–H groups in total. The number of ether oxygens (including phenoxy) is 2. The molecule has 1 rings (SSSR count). The Morgan fingerprint density at radius 3 is 2.43 bits per heavy atom. The molecule has 1 aromatic rings. The average molecular weight is 321 g/mol. The van der Waals surface area contributed by atoms with E-state index in [2.05, 4.69) is 11.9 Å². The average Bonchev–Trinajstić information content (AvgIpc) is 2.53. The lowest BCUT2D eigenvalue weighted by molar-refractivity contribution is -0.140. The second-order valence-corrected chi connectivity index (χ2v) is 4.63. The number of hydrogen-bond acceptors (Lipinski definition) is 5. The van der Waals surface area contributed by atoms with Crippen LogP contribution in [0.25, 0.3) is 0 Å². The number of esters is 1. The molecule has 0 heterocycles. The number of carboxylic acid groups (broad SMARTS) is 1. The number of carboxylic acids is 1. The van der Waals surface area contributed by atoms with Crippen molar-refractivity contribution in [2.75, 3.05) is 6.61 Å². The summed E-state index contributed by atoms with van der Waals surface area (Å²) in [6.45, 7) is 5.26. The number of hydrogen-bond donors (Lipinski definition) is 2. The lowest BCUT2D eigenvalue weighted by atomic mass is 10.1. The summed E-state index contributed by atoms with van der Waals surface area (Å²) in [6, 6.07) is 7.62. The van der Waals surface area contributed by atoms with Gasteiger partial charge in [-0.2, -0.15) is 0 Å². The summed E-state index contributed by atoms with van der Waals surface area (Å²) in [5.74, 6) is -2.00. The van der Waals surface area contributed by atoms with E-state index in [1.54, 1.807) is 31.2 Å². The van der Waals surface area contributed by atoms with Crippen LogP contribution in [0.4, 0.5) is 4.79 Å². The second-order valence-electron chi connectivity index (χ2n) is 4.63. The van der Waals surface area contributed by atoms with Crippen LogP contribution in [-0.2, 0) is 25.7 Å². The Morgan fingerprint density at radius 1 is 1.22 bits per heavy atom. The van der Waals surface area contributed by atoms with Crippen LogP contribution in [0.1, 0.15) is 18.9 Å². The summed E-state index contributed by atoms with van der Waals surface area (Å²) < 4.78 is 9.66. The molecule has 7 heteroatoms. The summed E-state index contributed by atoms with van der Waals surface area (Å²) in [6.07, 6.45) is -1.16. The lowest BCUT2D eigenvalue weighted by Gasteiger charge is -2.15. The fourth-order valence-electron chi connectivity index (χ4n) is 1.67. The van der Waals surface area contributed by atoms with E-state index in [1.807, 2.05) is 6.07 Å². The molecule has 0 saturated carbocycles.